The first kappa shape index (κ1) is 22.3. The van der Waals surface area contributed by atoms with Crippen LogP contribution in [-0.2, 0) is 19.2 Å². The lowest BCUT2D eigenvalue weighted by molar-refractivity contribution is -0.134. The summed E-state index contributed by atoms with van der Waals surface area (Å²) in [6, 6.07) is 0. The van der Waals surface area contributed by atoms with Gasteiger partial charge in [-0.05, 0) is 13.8 Å². The molecule has 8 nitrogen and oxygen atoms in total. The van der Waals surface area contributed by atoms with E-state index in [0.29, 0.717) is 24.3 Å². The van der Waals surface area contributed by atoms with E-state index < -0.39 is 23.9 Å². The third kappa shape index (κ3) is 59.6. The van der Waals surface area contributed by atoms with Crippen LogP contribution in [0, 0.1) is 0 Å². The molecule has 0 unspecified atom stereocenters. The Morgan fingerprint density at radius 1 is 0.650 bits per heavy atom. The van der Waals surface area contributed by atoms with Crippen LogP contribution in [0.4, 0.5) is 0 Å². The zero-order valence-corrected chi connectivity index (χ0v) is 10.9. The van der Waals surface area contributed by atoms with Crippen molar-refractivity contribution in [3.05, 3.63) is 36.5 Å². The predicted octanol–water partition coefficient (Wildman–Crippen LogP) is 1.01. The minimum Gasteiger partial charge on any atom is -0.478 e. The van der Waals surface area contributed by atoms with Gasteiger partial charge in [0.1, 0.15) is 0 Å². The number of rotatable bonds is 4. The smallest absolute Gasteiger partial charge is 0.328 e. The van der Waals surface area contributed by atoms with E-state index >= 15 is 0 Å². The highest BCUT2D eigenvalue weighted by Crippen LogP contribution is 1.73. The summed E-state index contributed by atoms with van der Waals surface area (Å²) in [5, 5.41) is 31.2. The first-order valence-corrected chi connectivity index (χ1v) is 4.89. The summed E-state index contributed by atoms with van der Waals surface area (Å²) >= 11 is 0. The molecular formula is C12H16O8. The van der Waals surface area contributed by atoms with Crippen LogP contribution >= 0.6 is 0 Å². The summed E-state index contributed by atoms with van der Waals surface area (Å²) in [5.41, 5.74) is 1.17. The number of hydrogen-bond acceptors (Lipinski definition) is 4. The maximum atomic E-state index is 9.55. The maximum absolute atomic E-state index is 9.55. The molecule has 0 bridgehead atoms. The Labute approximate surface area is 115 Å². The first-order valence-electron chi connectivity index (χ1n) is 4.89. The van der Waals surface area contributed by atoms with Gasteiger partial charge in [0.05, 0.1) is 0 Å². The normalized spacial score (nSPS) is 8.90. The van der Waals surface area contributed by atoms with Gasteiger partial charge in [-0.15, -0.1) is 6.58 Å². The van der Waals surface area contributed by atoms with Crippen LogP contribution in [-0.4, -0.2) is 44.3 Å². The van der Waals surface area contributed by atoms with E-state index in [0.717, 1.165) is 0 Å². The molecule has 0 atom stereocenters. The van der Waals surface area contributed by atoms with E-state index in [-0.39, 0.29) is 0 Å². The molecule has 0 aliphatic rings. The van der Waals surface area contributed by atoms with Gasteiger partial charge in [-0.1, -0.05) is 5.57 Å². The minimum atomic E-state index is -1.26. The molecule has 0 aliphatic carbocycles. The Morgan fingerprint density at radius 3 is 0.800 bits per heavy atom. The second-order valence-electron chi connectivity index (χ2n) is 3.23. The topological polar surface area (TPSA) is 149 Å². The molecule has 0 saturated carbocycles. The predicted molar refractivity (Wildman–Crippen MR) is 69.3 cm³/mol. The molecule has 112 valence electrons. The summed E-state index contributed by atoms with van der Waals surface area (Å²) < 4.78 is 0. The number of aliphatic carboxylic acids is 4. The highest BCUT2D eigenvalue weighted by atomic mass is 16.4. The molecule has 0 rings (SSSR count). The van der Waals surface area contributed by atoms with Gasteiger partial charge in [0.25, 0.3) is 0 Å². The molecule has 20 heavy (non-hydrogen) atoms. The van der Waals surface area contributed by atoms with Gasteiger partial charge in [-0.2, -0.15) is 0 Å². The van der Waals surface area contributed by atoms with Crippen LogP contribution in [0.25, 0.3) is 0 Å². The fraction of sp³-hybridized carbons (Fsp3) is 0.167. The van der Waals surface area contributed by atoms with Crippen LogP contribution in [0.15, 0.2) is 36.5 Å². The van der Waals surface area contributed by atoms with Crippen molar-refractivity contribution in [2.75, 3.05) is 0 Å². The average molecular weight is 288 g/mol. The largest absolute Gasteiger partial charge is 0.478 e. The molecule has 8 heteroatoms. The highest BCUT2D eigenvalue weighted by Gasteiger charge is 1.88. The van der Waals surface area contributed by atoms with Crippen molar-refractivity contribution in [1.82, 2.24) is 0 Å². The lowest BCUT2D eigenvalue weighted by Gasteiger charge is -1.74. The van der Waals surface area contributed by atoms with Crippen molar-refractivity contribution in [3.8, 4) is 0 Å². The van der Waals surface area contributed by atoms with Gasteiger partial charge in [-0.3, -0.25) is 0 Å². The van der Waals surface area contributed by atoms with E-state index in [1.165, 1.54) is 5.57 Å². The van der Waals surface area contributed by atoms with Crippen LogP contribution < -0.4 is 0 Å². The van der Waals surface area contributed by atoms with E-state index in [2.05, 4.69) is 6.58 Å². The summed E-state index contributed by atoms with van der Waals surface area (Å²) in [6.07, 6.45) is 2.23. The monoisotopic (exact) mass is 288 g/mol. The van der Waals surface area contributed by atoms with Crippen molar-refractivity contribution in [1.29, 1.82) is 0 Å². The Kier molecular flexibility index (Phi) is 15.8. The van der Waals surface area contributed by atoms with Crippen molar-refractivity contribution in [3.63, 3.8) is 0 Å². The molecule has 0 aromatic carbocycles. The molecule has 0 aromatic heterocycles. The number of allylic oxidation sites excluding steroid dienone is 1. The molecule has 4 N–H and O–H groups in total. The Morgan fingerprint density at radius 2 is 0.750 bits per heavy atom. The van der Waals surface area contributed by atoms with Crippen molar-refractivity contribution < 1.29 is 39.6 Å². The Hall–Kier alpha value is -2.90. The molecule has 0 spiro atoms. The highest BCUT2D eigenvalue weighted by molar-refractivity contribution is 5.90. The number of hydrogen-bond donors (Lipinski definition) is 4. The maximum Gasteiger partial charge on any atom is 0.328 e. The third-order valence-corrected chi connectivity index (χ3v) is 0.737. The van der Waals surface area contributed by atoms with Crippen molar-refractivity contribution in [2.24, 2.45) is 0 Å². The molecule has 0 saturated heterocycles. The van der Waals surface area contributed by atoms with Gasteiger partial charge in [0.2, 0.25) is 0 Å². The minimum absolute atomic E-state index is 0.558. The summed E-state index contributed by atoms with van der Waals surface area (Å²) in [4.78, 5) is 38.2. The quantitative estimate of drug-likeness (QED) is 0.442. The molecule has 0 aliphatic heterocycles. The van der Waals surface area contributed by atoms with E-state index in [4.69, 9.17) is 20.4 Å². The molecule has 0 radical (unpaired) electrons. The SMILES string of the molecule is C=C(C)C.O=C(O)C=CC(=O)O.O=C(O)C=CC(=O)O. The molecular weight excluding hydrogens is 272 g/mol. The van der Waals surface area contributed by atoms with Crippen LogP contribution in [0.2, 0.25) is 0 Å². The number of carbonyl (C=O) groups is 4. The molecule has 0 amide bonds. The molecule has 0 heterocycles. The lowest BCUT2D eigenvalue weighted by atomic mass is 10.4. The van der Waals surface area contributed by atoms with Gasteiger partial charge in [0.15, 0.2) is 0 Å². The zero-order valence-electron chi connectivity index (χ0n) is 10.9. The number of carboxylic acids is 4. The third-order valence-electron chi connectivity index (χ3n) is 0.737. The fourth-order valence-corrected chi connectivity index (χ4v) is 0.285. The zero-order chi connectivity index (χ0) is 16.7. The standard InChI is InChI=1S/2C4H4O4.C4H8/c2*5-3(6)1-2-4(7)8;1-4(2)3/h2*1-2H,(H,5,6)(H,7,8);1H2,2-3H3. The Balaban J connectivity index is -0.000000230. The first-order chi connectivity index (χ1) is 8.98. The van der Waals surface area contributed by atoms with Crippen LogP contribution in [0.3, 0.4) is 0 Å². The molecule has 0 fully saturated rings. The second-order valence-corrected chi connectivity index (χ2v) is 3.23. The van der Waals surface area contributed by atoms with E-state index in [1.807, 2.05) is 13.8 Å². The van der Waals surface area contributed by atoms with Gasteiger partial charge in [0, 0.05) is 24.3 Å². The fourth-order valence-electron chi connectivity index (χ4n) is 0.285. The van der Waals surface area contributed by atoms with Crippen LogP contribution in [0.5, 0.6) is 0 Å². The molecule has 0 aromatic rings. The van der Waals surface area contributed by atoms with Crippen LogP contribution in [0.1, 0.15) is 13.8 Å². The van der Waals surface area contributed by atoms with E-state index in [9.17, 15) is 19.2 Å². The Bertz CT molecular complexity index is 347. The number of carboxylic acid groups (broad SMARTS) is 4. The lowest BCUT2D eigenvalue weighted by Crippen LogP contribution is -1.91. The summed E-state index contributed by atoms with van der Waals surface area (Å²) in [6.45, 7) is 7.50. The summed E-state index contributed by atoms with van der Waals surface area (Å²) in [5.74, 6) is -5.03. The van der Waals surface area contributed by atoms with Crippen molar-refractivity contribution in [2.45, 2.75) is 13.8 Å². The second kappa shape index (κ2) is 14.2. The van der Waals surface area contributed by atoms with Gasteiger partial charge < -0.3 is 20.4 Å². The van der Waals surface area contributed by atoms with E-state index in [1.54, 1.807) is 0 Å². The van der Waals surface area contributed by atoms with Crippen molar-refractivity contribution >= 4 is 23.9 Å². The van der Waals surface area contributed by atoms with Gasteiger partial charge >= 0.3 is 23.9 Å². The average Bonchev–Trinajstić information content (AvgIpc) is 2.23. The van der Waals surface area contributed by atoms with Gasteiger partial charge in [-0.25, -0.2) is 19.2 Å². The summed E-state index contributed by atoms with van der Waals surface area (Å²) in [7, 11) is 0.